The molecule has 1 N–H and O–H groups in total. The molecule has 3 heteroatoms. The summed E-state index contributed by atoms with van der Waals surface area (Å²) < 4.78 is 2.06. The Morgan fingerprint density at radius 1 is 1.50 bits per heavy atom. The van der Waals surface area contributed by atoms with Crippen molar-refractivity contribution in [2.24, 2.45) is 0 Å². The van der Waals surface area contributed by atoms with Crippen LogP contribution in [-0.2, 0) is 13.1 Å². The smallest absolute Gasteiger partial charge is 0.0597 e. The van der Waals surface area contributed by atoms with E-state index in [1.54, 1.807) is 0 Å². The molecule has 0 spiro atoms. The quantitative estimate of drug-likeness (QED) is 0.779. The van der Waals surface area contributed by atoms with Gasteiger partial charge in [0.2, 0.25) is 0 Å². The van der Waals surface area contributed by atoms with E-state index in [4.69, 9.17) is 0 Å². The number of rotatable bonds is 5. The summed E-state index contributed by atoms with van der Waals surface area (Å²) in [5.74, 6) is 0. The second-order valence-corrected chi connectivity index (χ2v) is 3.78. The number of hydrogen-bond acceptors (Lipinski definition) is 2. The van der Waals surface area contributed by atoms with Crippen molar-refractivity contribution in [3.8, 4) is 0 Å². The summed E-state index contributed by atoms with van der Waals surface area (Å²) in [4.78, 5) is 0. The van der Waals surface area contributed by atoms with Crippen molar-refractivity contribution < 1.29 is 0 Å². The standard InChI is InChI=1S/C11H21N3/c1-5-9(3)12-8-11-7-10(4)13-14(11)6-2/h7,9,12H,5-6,8H2,1-4H3. The molecule has 0 radical (unpaired) electrons. The summed E-state index contributed by atoms with van der Waals surface area (Å²) in [7, 11) is 0. The van der Waals surface area contributed by atoms with Gasteiger partial charge in [-0.05, 0) is 33.3 Å². The third-order valence-corrected chi connectivity index (χ3v) is 2.53. The fraction of sp³-hybridized carbons (Fsp3) is 0.727. The van der Waals surface area contributed by atoms with Gasteiger partial charge in [-0.25, -0.2) is 0 Å². The van der Waals surface area contributed by atoms with Crippen molar-refractivity contribution in [2.45, 2.75) is 53.2 Å². The fourth-order valence-corrected chi connectivity index (χ4v) is 1.44. The van der Waals surface area contributed by atoms with Crippen molar-refractivity contribution in [2.75, 3.05) is 0 Å². The Labute approximate surface area is 86.5 Å². The highest BCUT2D eigenvalue weighted by molar-refractivity contribution is 5.08. The highest BCUT2D eigenvalue weighted by Crippen LogP contribution is 2.04. The highest BCUT2D eigenvalue weighted by Gasteiger charge is 2.04. The Bertz CT molecular complexity index is 278. The summed E-state index contributed by atoms with van der Waals surface area (Å²) in [5.41, 5.74) is 2.39. The molecule has 0 saturated carbocycles. The summed E-state index contributed by atoms with van der Waals surface area (Å²) in [5, 5.41) is 7.89. The third kappa shape index (κ3) is 2.84. The van der Waals surface area contributed by atoms with Gasteiger partial charge in [0, 0.05) is 19.1 Å². The number of aromatic nitrogens is 2. The summed E-state index contributed by atoms with van der Waals surface area (Å²) in [6, 6.07) is 2.73. The van der Waals surface area contributed by atoms with Gasteiger partial charge >= 0.3 is 0 Å². The van der Waals surface area contributed by atoms with Gasteiger partial charge in [-0.2, -0.15) is 5.10 Å². The summed E-state index contributed by atoms with van der Waals surface area (Å²) in [6.45, 7) is 10.4. The van der Waals surface area contributed by atoms with Crippen LogP contribution in [0.15, 0.2) is 6.07 Å². The maximum Gasteiger partial charge on any atom is 0.0597 e. The largest absolute Gasteiger partial charge is 0.309 e. The number of nitrogens with one attached hydrogen (secondary N) is 1. The number of hydrogen-bond donors (Lipinski definition) is 1. The van der Waals surface area contributed by atoms with Crippen LogP contribution in [0.25, 0.3) is 0 Å². The molecule has 3 nitrogen and oxygen atoms in total. The lowest BCUT2D eigenvalue weighted by Crippen LogP contribution is -2.25. The predicted molar refractivity (Wildman–Crippen MR) is 59.2 cm³/mol. The SMILES string of the molecule is CCC(C)NCc1cc(C)nn1CC. The average Bonchev–Trinajstić information content (AvgIpc) is 2.55. The van der Waals surface area contributed by atoms with Crippen LogP contribution in [0, 0.1) is 6.92 Å². The predicted octanol–water partition coefficient (Wildman–Crippen LogP) is 2.10. The lowest BCUT2D eigenvalue weighted by atomic mass is 10.2. The molecular weight excluding hydrogens is 174 g/mol. The first-order valence-corrected chi connectivity index (χ1v) is 5.44. The average molecular weight is 195 g/mol. The van der Waals surface area contributed by atoms with Crippen molar-refractivity contribution in [1.29, 1.82) is 0 Å². The molecule has 0 amide bonds. The second-order valence-electron chi connectivity index (χ2n) is 3.78. The Hall–Kier alpha value is -0.830. The van der Waals surface area contributed by atoms with Crippen LogP contribution in [0.3, 0.4) is 0 Å². The molecule has 1 aromatic heterocycles. The van der Waals surface area contributed by atoms with Crippen LogP contribution in [-0.4, -0.2) is 15.8 Å². The van der Waals surface area contributed by atoms with Gasteiger partial charge in [0.1, 0.15) is 0 Å². The molecule has 0 fully saturated rings. The molecule has 0 saturated heterocycles. The van der Waals surface area contributed by atoms with Crippen LogP contribution in [0.2, 0.25) is 0 Å². The first-order chi connectivity index (χ1) is 6.67. The zero-order valence-corrected chi connectivity index (χ0v) is 9.67. The van der Waals surface area contributed by atoms with Gasteiger partial charge in [-0.15, -0.1) is 0 Å². The Morgan fingerprint density at radius 3 is 2.79 bits per heavy atom. The monoisotopic (exact) mass is 195 g/mol. The van der Waals surface area contributed by atoms with E-state index in [1.165, 1.54) is 12.1 Å². The molecule has 80 valence electrons. The Balaban J connectivity index is 2.57. The first kappa shape index (κ1) is 11.2. The van der Waals surface area contributed by atoms with Gasteiger partial charge in [0.25, 0.3) is 0 Å². The molecule has 0 aliphatic heterocycles. The maximum atomic E-state index is 4.41. The fourth-order valence-electron chi connectivity index (χ4n) is 1.44. The summed E-state index contributed by atoms with van der Waals surface area (Å²) in [6.07, 6.45) is 1.17. The molecule has 1 aromatic rings. The third-order valence-electron chi connectivity index (χ3n) is 2.53. The van der Waals surface area contributed by atoms with E-state index < -0.39 is 0 Å². The molecule has 1 heterocycles. The van der Waals surface area contributed by atoms with Crippen molar-refractivity contribution in [3.63, 3.8) is 0 Å². The van der Waals surface area contributed by atoms with E-state index in [0.717, 1.165) is 18.8 Å². The van der Waals surface area contributed by atoms with Crippen molar-refractivity contribution in [3.05, 3.63) is 17.5 Å². The van der Waals surface area contributed by atoms with Crippen LogP contribution >= 0.6 is 0 Å². The second kappa shape index (κ2) is 5.15. The van der Waals surface area contributed by atoms with E-state index in [-0.39, 0.29) is 0 Å². The molecule has 0 aromatic carbocycles. The van der Waals surface area contributed by atoms with Crippen molar-refractivity contribution in [1.82, 2.24) is 15.1 Å². The Morgan fingerprint density at radius 2 is 2.21 bits per heavy atom. The van der Waals surface area contributed by atoms with Crippen LogP contribution in [0.1, 0.15) is 38.6 Å². The zero-order valence-electron chi connectivity index (χ0n) is 9.67. The zero-order chi connectivity index (χ0) is 10.6. The summed E-state index contributed by atoms with van der Waals surface area (Å²) >= 11 is 0. The van der Waals surface area contributed by atoms with Gasteiger partial charge in [-0.1, -0.05) is 6.92 Å². The van der Waals surface area contributed by atoms with Gasteiger partial charge in [-0.3, -0.25) is 4.68 Å². The molecule has 1 atom stereocenters. The minimum Gasteiger partial charge on any atom is -0.309 e. The molecule has 0 bridgehead atoms. The highest BCUT2D eigenvalue weighted by atomic mass is 15.3. The molecule has 1 unspecified atom stereocenters. The van der Waals surface area contributed by atoms with Crippen LogP contribution in [0.4, 0.5) is 0 Å². The lowest BCUT2D eigenvalue weighted by Gasteiger charge is -2.11. The van der Waals surface area contributed by atoms with Gasteiger partial charge in [0.15, 0.2) is 0 Å². The molecule has 1 rings (SSSR count). The molecule has 0 aliphatic rings. The van der Waals surface area contributed by atoms with E-state index in [1.807, 2.05) is 6.92 Å². The van der Waals surface area contributed by atoms with E-state index in [2.05, 4.69) is 41.9 Å². The van der Waals surface area contributed by atoms with Crippen molar-refractivity contribution >= 4 is 0 Å². The minimum atomic E-state index is 0.579. The minimum absolute atomic E-state index is 0.579. The Kier molecular flexibility index (Phi) is 4.14. The van der Waals surface area contributed by atoms with E-state index in [0.29, 0.717) is 6.04 Å². The molecule has 0 aliphatic carbocycles. The molecule has 14 heavy (non-hydrogen) atoms. The number of aryl methyl sites for hydroxylation is 2. The number of nitrogens with zero attached hydrogens (tertiary/aromatic N) is 2. The topological polar surface area (TPSA) is 29.9 Å². The lowest BCUT2D eigenvalue weighted by molar-refractivity contribution is 0.506. The van der Waals surface area contributed by atoms with Gasteiger partial charge < -0.3 is 5.32 Å². The first-order valence-electron chi connectivity index (χ1n) is 5.44. The van der Waals surface area contributed by atoms with Gasteiger partial charge in [0.05, 0.1) is 11.4 Å². The van der Waals surface area contributed by atoms with E-state index in [9.17, 15) is 0 Å². The van der Waals surface area contributed by atoms with Crippen LogP contribution in [0.5, 0.6) is 0 Å². The van der Waals surface area contributed by atoms with Crippen LogP contribution < -0.4 is 5.32 Å². The molecular formula is C11H21N3. The van der Waals surface area contributed by atoms with E-state index >= 15 is 0 Å². The maximum absolute atomic E-state index is 4.41. The normalized spacial score (nSPS) is 13.1.